The summed E-state index contributed by atoms with van der Waals surface area (Å²) in [6.07, 6.45) is 1.63. The van der Waals surface area contributed by atoms with Crippen molar-refractivity contribution in [1.82, 2.24) is 0 Å². The topological polar surface area (TPSA) is 34.1 Å². The van der Waals surface area contributed by atoms with Crippen molar-refractivity contribution in [2.45, 2.75) is 47.5 Å². The Morgan fingerprint density at radius 3 is 1.36 bits per heavy atom. The number of hydrogen-bond donors (Lipinski definition) is 0. The summed E-state index contributed by atoms with van der Waals surface area (Å²) in [5.74, 6) is -0.202. The molecule has 0 heterocycles. The van der Waals surface area contributed by atoms with Crippen LogP contribution >= 0.6 is 0 Å². The van der Waals surface area contributed by atoms with Gasteiger partial charge in [-0.15, -0.1) is 0 Å². The van der Waals surface area contributed by atoms with Gasteiger partial charge in [0.25, 0.3) is 0 Å². The molecule has 0 aliphatic rings. The lowest BCUT2D eigenvalue weighted by molar-refractivity contribution is -0.136. The molecule has 82 valence electrons. The molecule has 2 nitrogen and oxygen atoms in total. The third-order valence-electron chi connectivity index (χ3n) is 3.05. The van der Waals surface area contributed by atoms with Gasteiger partial charge in [-0.2, -0.15) is 0 Å². The molecule has 0 bridgehead atoms. The average Bonchev–Trinajstić information content (AvgIpc) is 2.23. The lowest BCUT2D eigenvalue weighted by atomic mass is 9.85. The summed E-state index contributed by atoms with van der Waals surface area (Å²) in [7, 11) is 0. The second kappa shape index (κ2) is 5.94. The third-order valence-corrected chi connectivity index (χ3v) is 3.05. The molecule has 0 saturated heterocycles. The monoisotopic (exact) mass is 198 g/mol. The molecule has 0 saturated carbocycles. The van der Waals surface area contributed by atoms with Gasteiger partial charge in [0.2, 0.25) is 0 Å². The fourth-order valence-corrected chi connectivity index (χ4v) is 1.40. The fraction of sp³-hybridized carbons (Fsp3) is 0.833. The van der Waals surface area contributed by atoms with E-state index in [1.54, 1.807) is 6.92 Å². The first-order chi connectivity index (χ1) is 6.45. The molecule has 0 rings (SSSR count). The Morgan fingerprint density at radius 1 is 0.857 bits per heavy atom. The zero-order valence-electron chi connectivity index (χ0n) is 9.96. The first-order valence-corrected chi connectivity index (χ1v) is 5.53. The number of hydrogen-bond acceptors (Lipinski definition) is 2. The van der Waals surface area contributed by atoms with Crippen molar-refractivity contribution < 1.29 is 9.59 Å². The minimum atomic E-state index is -0.417. The predicted molar refractivity (Wildman–Crippen MR) is 58.1 cm³/mol. The van der Waals surface area contributed by atoms with Gasteiger partial charge in [0.1, 0.15) is 11.6 Å². The molecule has 2 unspecified atom stereocenters. The number of ketones is 2. The Morgan fingerprint density at radius 2 is 1.14 bits per heavy atom. The maximum Gasteiger partial charge on any atom is 0.145 e. The first-order valence-electron chi connectivity index (χ1n) is 5.53. The van der Waals surface area contributed by atoms with E-state index in [4.69, 9.17) is 0 Å². The molecule has 0 aliphatic carbocycles. The van der Waals surface area contributed by atoms with Gasteiger partial charge in [-0.25, -0.2) is 0 Å². The van der Waals surface area contributed by atoms with Crippen LogP contribution in [0.25, 0.3) is 0 Å². The van der Waals surface area contributed by atoms with Gasteiger partial charge in [0.15, 0.2) is 0 Å². The maximum atomic E-state index is 11.7. The van der Waals surface area contributed by atoms with Gasteiger partial charge in [0.05, 0.1) is 5.92 Å². The van der Waals surface area contributed by atoms with E-state index in [1.807, 2.05) is 27.7 Å². The van der Waals surface area contributed by atoms with Crippen LogP contribution in [0.2, 0.25) is 0 Å². The first kappa shape index (κ1) is 13.3. The van der Waals surface area contributed by atoms with Gasteiger partial charge in [-0.1, -0.05) is 27.7 Å². The highest BCUT2D eigenvalue weighted by molar-refractivity contribution is 6.03. The molecule has 0 spiro atoms. The maximum absolute atomic E-state index is 11.7. The molecule has 0 amide bonds. The van der Waals surface area contributed by atoms with Gasteiger partial charge < -0.3 is 0 Å². The van der Waals surface area contributed by atoms with E-state index in [1.165, 1.54) is 0 Å². The molecule has 0 N–H and O–H groups in total. The van der Waals surface area contributed by atoms with Gasteiger partial charge in [0, 0.05) is 11.8 Å². The van der Waals surface area contributed by atoms with Crippen LogP contribution in [0.3, 0.4) is 0 Å². The van der Waals surface area contributed by atoms with E-state index in [9.17, 15) is 9.59 Å². The lowest BCUT2D eigenvalue weighted by Crippen LogP contribution is -2.29. The van der Waals surface area contributed by atoms with Crippen molar-refractivity contribution in [3.63, 3.8) is 0 Å². The summed E-state index contributed by atoms with van der Waals surface area (Å²) in [6.45, 7) is 9.47. The Bertz CT molecular complexity index is 186. The van der Waals surface area contributed by atoms with Crippen molar-refractivity contribution in [1.29, 1.82) is 0 Å². The van der Waals surface area contributed by atoms with Crippen molar-refractivity contribution in [3.8, 4) is 0 Å². The summed E-state index contributed by atoms with van der Waals surface area (Å²) < 4.78 is 0. The van der Waals surface area contributed by atoms with Gasteiger partial charge in [-0.3, -0.25) is 9.59 Å². The minimum Gasteiger partial charge on any atom is -0.299 e. The van der Waals surface area contributed by atoms with Crippen LogP contribution < -0.4 is 0 Å². The van der Waals surface area contributed by atoms with E-state index in [0.717, 1.165) is 12.8 Å². The molecule has 0 aromatic heterocycles. The number of carbonyl (C=O) groups excluding carboxylic acids is 2. The van der Waals surface area contributed by atoms with E-state index in [2.05, 4.69) is 0 Å². The van der Waals surface area contributed by atoms with E-state index < -0.39 is 5.92 Å². The molecule has 0 aromatic rings. The predicted octanol–water partition coefficient (Wildman–Crippen LogP) is 2.85. The third kappa shape index (κ3) is 3.24. The highest BCUT2D eigenvalue weighted by atomic mass is 16.2. The van der Waals surface area contributed by atoms with Crippen LogP contribution in [0.5, 0.6) is 0 Å². The smallest absolute Gasteiger partial charge is 0.145 e. The molecule has 14 heavy (non-hydrogen) atoms. The molecule has 2 atom stereocenters. The SMILES string of the molecule is CCC(C)C(=O)C(C)C(=O)C(C)CC. The highest BCUT2D eigenvalue weighted by Crippen LogP contribution is 2.16. The standard InChI is InChI=1S/C12H22O2/c1-6-8(3)11(13)10(5)12(14)9(4)7-2/h8-10H,6-7H2,1-5H3. The van der Waals surface area contributed by atoms with Gasteiger partial charge >= 0.3 is 0 Å². The Balaban J connectivity index is 4.39. The largest absolute Gasteiger partial charge is 0.299 e. The zero-order chi connectivity index (χ0) is 11.3. The Hall–Kier alpha value is -0.660. The summed E-state index contributed by atoms with van der Waals surface area (Å²) in [5.41, 5.74) is 0. The van der Waals surface area contributed by atoms with Crippen LogP contribution in [0, 0.1) is 17.8 Å². The normalized spacial score (nSPS) is 17.2. The molecular formula is C12H22O2. The summed E-state index contributed by atoms with van der Waals surface area (Å²) in [5, 5.41) is 0. The molecule has 2 heteroatoms. The van der Waals surface area contributed by atoms with Crippen molar-refractivity contribution >= 4 is 11.6 Å². The van der Waals surface area contributed by atoms with Gasteiger partial charge in [-0.05, 0) is 19.8 Å². The molecule has 0 radical (unpaired) electrons. The van der Waals surface area contributed by atoms with E-state index >= 15 is 0 Å². The van der Waals surface area contributed by atoms with Crippen molar-refractivity contribution in [2.75, 3.05) is 0 Å². The lowest BCUT2D eigenvalue weighted by Gasteiger charge is -2.16. The minimum absolute atomic E-state index is 0.0120. The molecular weight excluding hydrogens is 176 g/mol. The highest BCUT2D eigenvalue weighted by Gasteiger charge is 2.27. The quantitative estimate of drug-likeness (QED) is 0.615. The molecule has 0 aliphatic heterocycles. The number of Topliss-reactive ketones (excluding diaryl/α,β-unsaturated/α-hetero) is 2. The number of carbonyl (C=O) groups is 2. The second-order valence-electron chi connectivity index (χ2n) is 4.15. The Kier molecular flexibility index (Phi) is 5.66. The summed E-state index contributed by atoms with van der Waals surface area (Å²) >= 11 is 0. The fourth-order valence-electron chi connectivity index (χ4n) is 1.40. The van der Waals surface area contributed by atoms with Crippen molar-refractivity contribution in [3.05, 3.63) is 0 Å². The van der Waals surface area contributed by atoms with Crippen LogP contribution in [0.4, 0.5) is 0 Å². The summed E-state index contributed by atoms with van der Waals surface area (Å²) in [6, 6.07) is 0. The van der Waals surface area contributed by atoms with Crippen LogP contribution in [0.1, 0.15) is 47.5 Å². The van der Waals surface area contributed by atoms with Crippen LogP contribution in [-0.4, -0.2) is 11.6 Å². The van der Waals surface area contributed by atoms with Crippen molar-refractivity contribution in [2.24, 2.45) is 17.8 Å². The zero-order valence-corrected chi connectivity index (χ0v) is 9.96. The van der Waals surface area contributed by atoms with Crippen LogP contribution in [0.15, 0.2) is 0 Å². The van der Waals surface area contributed by atoms with E-state index in [0.29, 0.717) is 0 Å². The Labute approximate surface area is 87.1 Å². The van der Waals surface area contributed by atoms with Crippen LogP contribution in [-0.2, 0) is 9.59 Å². The molecule has 0 fully saturated rings. The molecule has 0 aromatic carbocycles. The second-order valence-corrected chi connectivity index (χ2v) is 4.15. The van der Waals surface area contributed by atoms with E-state index in [-0.39, 0.29) is 23.4 Å². The number of rotatable bonds is 6. The summed E-state index contributed by atoms with van der Waals surface area (Å²) in [4.78, 5) is 23.4. The average molecular weight is 198 g/mol.